The van der Waals surface area contributed by atoms with Crippen molar-refractivity contribution >= 4 is 120 Å². The number of nitro groups is 1. The second-order valence-electron chi connectivity index (χ2n) is 19.3. The summed E-state index contributed by atoms with van der Waals surface area (Å²) in [6.07, 6.45) is -5.85. The third-order valence-electron chi connectivity index (χ3n) is 12.6. The summed E-state index contributed by atoms with van der Waals surface area (Å²) in [5.41, 5.74) is -0.793. The number of halogens is 10. The third-order valence-corrected chi connectivity index (χ3v) is 16.0. The fourth-order valence-electron chi connectivity index (χ4n) is 8.38. The number of esters is 1. The SMILES string of the molecule is CNC1=C(c2cccc(C(F)(F)F)c2)C(=O)C(c2ccccc2)O1.COC(=O)CSc1cc(/N=c2\sc(=O)n3n2CCCC3)c(F)cc1Cl.CS(=O)(=O)NC(=O)c1cc(Oc2ccc(C(F)(F)F)cc2Cl)ccc1[N+](=O)[O-].O=C(Nc1ccccc1)Nc1ccnc(Cl)c1. The van der Waals surface area contributed by atoms with Crippen LogP contribution in [0.25, 0.3) is 5.57 Å². The number of para-hydroxylation sites is 1. The Hall–Kier alpha value is -9.27. The molecule has 0 radical (unpaired) electrons. The average molecular weight is 1420 g/mol. The number of aromatic nitrogens is 3. The summed E-state index contributed by atoms with van der Waals surface area (Å²) in [4.78, 5) is 78.8. The minimum Gasteiger partial charge on any atom is -0.468 e. The molecule has 4 N–H and O–H groups in total. The molecule has 34 heteroatoms. The molecule has 21 nitrogen and oxygen atoms in total. The molecule has 0 saturated heterocycles. The highest BCUT2D eigenvalue weighted by Crippen LogP contribution is 2.40. The van der Waals surface area contributed by atoms with E-state index in [0.717, 1.165) is 84.1 Å². The van der Waals surface area contributed by atoms with Gasteiger partial charge in [0.15, 0.2) is 12.0 Å². The molecular weight excluding hydrogens is 1370 g/mol. The number of thioether (sulfide) groups is 1. The number of ether oxygens (including phenoxy) is 3. The number of ketones is 1. The number of hydrogen-bond donors (Lipinski definition) is 4. The Balaban J connectivity index is 0.000000179. The van der Waals surface area contributed by atoms with Crippen LogP contribution < -0.4 is 35.1 Å². The van der Waals surface area contributed by atoms with Crippen molar-refractivity contribution < 1.29 is 77.5 Å². The number of rotatable bonds is 14. The molecule has 3 amide bonds. The topological polar surface area (TPSA) is 274 Å². The Morgan fingerprint density at radius 2 is 1.46 bits per heavy atom. The molecule has 0 aliphatic carbocycles. The highest BCUT2D eigenvalue weighted by atomic mass is 35.5. The Bertz CT molecular complexity index is 4410. The Morgan fingerprint density at radius 1 is 0.809 bits per heavy atom. The van der Waals surface area contributed by atoms with Crippen molar-refractivity contribution in [3.8, 4) is 11.5 Å². The molecular formula is C60H49Cl3F7N9O12S3. The van der Waals surface area contributed by atoms with Gasteiger partial charge in [-0.25, -0.2) is 37.0 Å². The highest BCUT2D eigenvalue weighted by molar-refractivity contribution is 8.00. The van der Waals surface area contributed by atoms with Crippen LogP contribution in [-0.4, -0.2) is 77.5 Å². The maximum Gasteiger partial charge on any atom is 0.416 e. The first-order valence-corrected chi connectivity index (χ1v) is 31.7. The number of anilines is 2. The van der Waals surface area contributed by atoms with Gasteiger partial charge >= 0.3 is 29.2 Å². The number of amides is 3. The van der Waals surface area contributed by atoms with Crippen LogP contribution in [0.3, 0.4) is 0 Å². The van der Waals surface area contributed by atoms with E-state index in [9.17, 15) is 73.2 Å². The maximum absolute atomic E-state index is 14.3. The van der Waals surface area contributed by atoms with Gasteiger partial charge in [-0.3, -0.25) is 34.0 Å². The molecule has 2 aliphatic rings. The van der Waals surface area contributed by atoms with Crippen LogP contribution in [0, 0.1) is 15.9 Å². The molecule has 8 aromatic rings. The Labute approximate surface area is 552 Å². The van der Waals surface area contributed by atoms with Gasteiger partial charge in [0.05, 0.1) is 50.8 Å². The van der Waals surface area contributed by atoms with Gasteiger partial charge in [0, 0.05) is 60.3 Å². The fraction of sp³-hybridized carbons (Fsp3) is 0.183. The molecule has 0 bridgehead atoms. The van der Waals surface area contributed by atoms with Crippen molar-refractivity contribution in [1.82, 2.24) is 24.4 Å². The van der Waals surface area contributed by atoms with Gasteiger partial charge in [0.1, 0.15) is 33.7 Å². The van der Waals surface area contributed by atoms with E-state index in [4.69, 9.17) is 44.3 Å². The number of benzene rings is 6. The second kappa shape index (κ2) is 32.0. The fourth-order valence-corrected chi connectivity index (χ4v) is 11.2. The predicted molar refractivity (Wildman–Crippen MR) is 338 cm³/mol. The molecule has 1 atom stereocenters. The summed E-state index contributed by atoms with van der Waals surface area (Å²) in [6.45, 7) is 1.32. The van der Waals surface area contributed by atoms with Crippen molar-refractivity contribution in [3.05, 3.63) is 231 Å². The normalized spacial score (nSPS) is 13.6. The molecule has 4 heterocycles. The zero-order chi connectivity index (χ0) is 68.7. The second-order valence-corrected chi connectivity index (χ2v) is 24.2. The number of urea groups is 1. The standard InChI is InChI=1S/C18H14F3NO2.C15H10ClF3N2O6S.C15H15ClFN3O3S2.C12H10ClN3O/c1-22-17-14(12-8-5-9-13(10-12)18(19,20)21)15(23)16(24-17)11-6-3-2-4-7-11;1-28(25,26)20-14(22)10-7-9(3-4-12(10)21(23)24)27-13-5-2-8(6-11(13)16)15(17,18)19;1-23-13(21)8-24-12-7-11(10(17)6-9(12)16)18-14-19-4-2-3-5-20(19)15(22)25-14;13-11-8-10(6-7-14-11)16-12(17)15-9-4-2-1-3-5-9/h2-10,16,22H,1H3;2-7H,1H3,(H,20,22);6-7H,2-5,8H2,1H3;1-8H,(H2,14,15,16,17)/b;;18-14-;. The van der Waals surface area contributed by atoms with Gasteiger partial charge in [-0.05, 0) is 103 Å². The number of nitro benzene ring substituents is 1. The summed E-state index contributed by atoms with van der Waals surface area (Å²) < 4.78 is 134. The van der Waals surface area contributed by atoms with Crippen molar-refractivity contribution in [2.45, 2.75) is 49.3 Å². The molecule has 10 rings (SSSR count). The first kappa shape index (κ1) is 72.2. The lowest BCUT2D eigenvalue weighted by Crippen LogP contribution is -2.31. The van der Waals surface area contributed by atoms with Crippen molar-refractivity contribution in [1.29, 1.82) is 0 Å². The lowest BCUT2D eigenvalue weighted by Gasteiger charge is -2.15. The molecule has 0 fully saturated rings. The zero-order valence-electron chi connectivity index (χ0n) is 48.7. The van der Waals surface area contributed by atoms with E-state index in [2.05, 4.69) is 30.7 Å². The molecule has 94 heavy (non-hydrogen) atoms. The number of nitrogens with one attached hydrogen (secondary N) is 4. The lowest BCUT2D eigenvalue weighted by atomic mass is 9.96. The minimum atomic E-state index is -4.62. The van der Waals surface area contributed by atoms with Crippen LogP contribution in [0.4, 0.5) is 58.3 Å². The first-order chi connectivity index (χ1) is 44.4. The van der Waals surface area contributed by atoms with Crippen LogP contribution in [0.2, 0.25) is 15.2 Å². The zero-order valence-corrected chi connectivity index (χ0v) is 53.4. The maximum atomic E-state index is 14.3. The van der Waals surface area contributed by atoms with Crippen LogP contribution in [0.5, 0.6) is 11.5 Å². The summed E-state index contributed by atoms with van der Waals surface area (Å²) in [5.74, 6) is -2.80. The third kappa shape index (κ3) is 20.1. The van der Waals surface area contributed by atoms with Gasteiger partial charge < -0.3 is 30.2 Å². The molecule has 0 spiro atoms. The molecule has 6 aromatic carbocycles. The van der Waals surface area contributed by atoms with Gasteiger partial charge in [0.25, 0.3) is 11.6 Å². The van der Waals surface area contributed by atoms with E-state index >= 15 is 0 Å². The number of hydrogen-bond acceptors (Lipinski definition) is 17. The van der Waals surface area contributed by atoms with Crippen molar-refractivity contribution in [3.63, 3.8) is 0 Å². The number of Topliss-reactive ketones (excluding diaryl/α,β-unsaturated/α-hetero) is 1. The molecule has 0 saturated carbocycles. The first-order valence-electron chi connectivity index (χ1n) is 26.9. The Morgan fingerprint density at radius 3 is 2.07 bits per heavy atom. The van der Waals surface area contributed by atoms with E-state index in [0.29, 0.717) is 57.6 Å². The average Bonchev–Trinajstić information content (AvgIpc) is 1.65. The van der Waals surface area contributed by atoms with E-state index < -0.39 is 78.5 Å². The number of carbonyl (C=O) groups is 4. The van der Waals surface area contributed by atoms with Gasteiger partial charge in [-0.1, -0.05) is 95.5 Å². The van der Waals surface area contributed by atoms with Gasteiger partial charge in [-0.15, -0.1) is 11.8 Å². The van der Waals surface area contributed by atoms with Crippen molar-refractivity contribution in [2.75, 3.05) is 36.8 Å². The summed E-state index contributed by atoms with van der Waals surface area (Å²) >= 11 is 19.6. The van der Waals surface area contributed by atoms with Crippen molar-refractivity contribution in [2.24, 2.45) is 4.99 Å². The number of pyridine rings is 1. The van der Waals surface area contributed by atoms with E-state index in [1.807, 2.05) is 24.3 Å². The number of fused-ring (bicyclic) bond motifs is 1. The number of methoxy groups -OCH3 is 1. The highest BCUT2D eigenvalue weighted by Gasteiger charge is 2.38. The minimum absolute atomic E-state index is 0.0605. The monoisotopic (exact) mass is 1420 g/mol. The number of carbonyl (C=O) groups excluding carboxylic acids is 4. The molecule has 2 aromatic heterocycles. The van der Waals surface area contributed by atoms with Gasteiger partial charge in [0.2, 0.25) is 20.6 Å². The van der Waals surface area contributed by atoms with E-state index in [1.165, 1.54) is 31.5 Å². The largest absolute Gasteiger partial charge is 0.468 e. The molecule has 2 aliphatic heterocycles. The van der Waals surface area contributed by atoms with E-state index in [-0.39, 0.29) is 61.7 Å². The van der Waals surface area contributed by atoms with Crippen LogP contribution in [0.15, 0.2) is 172 Å². The van der Waals surface area contributed by atoms with Crippen LogP contribution in [-0.2, 0) is 54.5 Å². The van der Waals surface area contributed by atoms with Gasteiger partial charge in [-0.2, -0.15) is 26.3 Å². The summed E-state index contributed by atoms with van der Waals surface area (Å²) in [5, 5.41) is 19.3. The summed E-state index contributed by atoms with van der Waals surface area (Å²) in [6, 6.07) is 33.3. The predicted octanol–water partition coefficient (Wildman–Crippen LogP) is 13.9. The Kier molecular flexibility index (Phi) is 24.6. The number of nitrogens with zero attached hydrogens (tertiary/aromatic N) is 5. The van der Waals surface area contributed by atoms with Crippen LogP contribution in [0.1, 0.15) is 51.6 Å². The number of sulfonamides is 1. The van der Waals surface area contributed by atoms with Crippen LogP contribution >= 0.6 is 57.9 Å². The lowest BCUT2D eigenvalue weighted by molar-refractivity contribution is -0.385. The molecule has 1 unspecified atom stereocenters. The smallest absolute Gasteiger partial charge is 0.416 e. The number of alkyl halides is 6. The summed E-state index contributed by atoms with van der Waals surface area (Å²) in [7, 11) is -1.15. The molecule has 494 valence electrons. The quantitative estimate of drug-likeness (QED) is 0.0197. The van der Waals surface area contributed by atoms with E-state index in [1.54, 1.807) is 69.7 Å².